The van der Waals surface area contributed by atoms with Gasteiger partial charge in [-0.1, -0.05) is 13.8 Å². The van der Waals surface area contributed by atoms with Gasteiger partial charge in [-0.15, -0.1) is 0 Å². The lowest BCUT2D eigenvalue weighted by Crippen LogP contribution is -2.41. The number of hydrogen-bond donors (Lipinski definition) is 5. The number of carboxylic acids is 1. The first-order valence-electron chi connectivity index (χ1n) is 10.6. The molecule has 0 spiro atoms. The number of Topliss-reactive ketones (excluding diaryl/α,β-unsaturated/α-hetero) is 1. The van der Waals surface area contributed by atoms with Crippen LogP contribution in [0.4, 0.5) is 11.6 Å². The second-order valence-corrected chi connectivity index (χ2v) is 7.94. The number of amides is 1. The number of aromatic nitrogens is 4. The third-order valence-electron chi connectivity index (χ3n) is 5.03. The number of carbonyl (C=O) groups is 3. The molecule has 1 aromatic carbocycles. The number of fused-ring (bicyclic) bond motifs is 1. The summed E-state index contributed by atoms with van der Waals surface area (Å²) in [6.07, 6.45) is 1.57. The zero-order chi connectivity index (χ0) is 24.8. The van der Waals surface area contributed by atoms with Crippen LogP contribution in [-0.2, 0) is 16.1 Å². The molecule has 0 aliphatic carbocycles. The van der Waals surface area contributed by atoms with E-state index in [0.717, 1.165) is 0 Å². The number of nitrogens with zero attached hydrogens (tertiary/aromatic N) is 3. The zero-order valence-corrected chi connectivity index (χ0v) is 18.7. The first-order chi connectivity index (χ1) is 16.1. The van der Waals surface area contributed by atoms with Gasteiger partial charge in [0, 0.05) is 23.6 Å². The van der Waals surface area contributed by atoms with Crippen LogP contribution in [-0.4, -0.2) is 48.7 Å². The molecule has 0 fully saturated rings. The average molecular weight is 467 g/mol. The Morgan fingerprint density at radius 1 is 1.15 bits per heavy atom. The van der Waals surface area contributed by atoms with Crippen LogP contribution in [0.25, 0.3) is 11.2 Å². The van der Waals surface area contributed by atoms with E-state index in [1.54, 1.807) is 38.1 Å². The molecule has 3 rings (SSSR count). The molecule has 0 unspecified atom stereocenters. The van der Waals surface area contributed by atoms with Crippen molar-refractivity contribution in [3.8, 4) is 0 Å². The van der Waals surface area contributed by atoms with Crippen molar-refractivity contribution in [1.29, 1.82) is 0 Å². The van der Waals surface area contributed by atoms with Crippen molar-refractivity contribution in [3.05, 3.63) is 52.1 Å². The van der Waals surface area contributed by atoms with Gasteiger partial charge in [0.25, 0.3) is 11.5 Å². The maximum atomic E-state index is 12.5. The number of ketones is 1. The molecule has 0 aliphatic rings. The van der Waals surface area contributed by atoms with Gasteiger partial charge < -0.3 is 21.5 Å². The van der Waals surface area contributed by atoms with Gasteiger partial charge in [-0.3, -0.25) is 19.4 Å². The molecule has 1 amide bonds. The first kappa shape index (κ1) is 24.3. The van der Waals surface area contributed by atoms with E-state index in [4.69, 9.17) is 5.73 Å². The smallest absolute Gasteiger partial charge is 0.326 e. The topological polar surface area (TPSA) is 193 Å². The van der Waals surface area contributed by atoms with Crippen molar-refractivity contribution in [3.63, 3.8) is 0 Å². The first-order valence-corrected chi connectivity index (χ1v) is 10.6. The summed E-state index contributed by atoms with van der Waals surface area (Å²) in [7, 11) is 0. The van der Waals surface area contributed by atoms with Gasteiger partial charge >= 0.3 is 5.97 Å². The molecular weight excluding hydrogens is 442 g/mol. The number of carbonyl (C=O) groups excluding carboxylic acids is 2. The van der Waals surface area contributed by atoms with Crippen molar-refractivity contribution < 1.29 is 19.5 Å². The highest BCUT2D eigenvalue weighted by Crippen LogP contribution is 2.13. The van der Waals surface area contributed by atoms with Gasteiger partial charge in [-0.2, -0.15) is 4.98 Å². The number of nitrogen functional groups attached to an aromatic ring is 1. The number of rotatable bonds is 10. The predicted molar refractivity (Wildman–Crippen MR) is 124 cm³/mol. The molecule has 2 heterocycles. The maximum Gasteiger partial charge on any atom is 0.326 e. The summed E-state index contributed by atoms with van der Waals surface area (Å²) in [4.78, 5) is 62.3. The van der Waals surface area contributed by atoms with Crippen molar-refractivity contribution in [2.45, 2.75) is 39.3 Å². The summed E-state index contributed by atoms with van der Waals surface area (Å²) in [6, 6.07) is 5.22. The van der Waals surface area contributed by atoms with E-state index < -0.39 is 23.5 Å². The number of anilines is 2. The number of carboxylic acid groups (broad SMARTS) is 1. The highest BCUT2D eigenvalue weighted by Gasteiger charge is 2.22. The molecule has 34 heavy (non-hydrogen) atoms. The molecule has 0 radical (unpaired) electrons. The Kier molecular flexibility index (Phi) is 7.51. The fraction of sp³-hybridized carbons (Fsp3) is 0.318. The Hall–Kier alpha value is -4.35. The molecule has 0 saturated heterocycles. The van der Waals surface area contributed by atoms with Gasteiger partial charge in [0.1, 0.15) is 11.8 Å². The van der Waals surface area contributed by atoms with E-state index in [-0.39, 0.29) is 53.8 Å². The maximum absolute atomic E-state index is 12.5. The van der Waals surface area contributed by atoms with Crippen LogP contribution in [0.3, 0.4) is 0 Å². The van der Waals surface area contributed by atoms with Crippen LogP contribution in [0.15, 0.2) is 35.3 Å². The molecule has 0 bridgehead atoms. The SMILES string of the molecule is CC(C)C(=O)CC[C@H](NC(=O)c1ccc(NCc2cnc3nc(N)[nH]c(=O)c3n2)cc1)C(=O)O. The molecule has 0 aliphatic heterocycles. The number of nitrogens with one attached hydrogen (secondary N) is 3. The minimum Gasteiger partial charge on any atom is -0.480 e. The normalized spacial score (nSPS) is 11.9. The number of aliphatic carboxylic acids is 1. The summed E-state index contributed by atoms with van der Waals surface area (Å²) >= 11 is 0. The molecule has 12 heteroatoms. The quantitative estimate of drug-likeness (QED) is 0.288. The molecule has 3 aromatic rings. The second kappa shape index (κ2) is 10.5. The predicted octanol–water partition coefficient (Wildman–Crippen LogP) is 1.10. The van der Waals surface area contributed by atoms with Crippen LogP contribution in [0.1, 0.15) is 42.7 Å². The molecule has 0 saturated carbocycles. The number of nitrogens with two attached hydrogens (primary N) is 1. The Morgan fingerprint density at radius 3 is 2.50 bits per heavy atom. The lowest BCUT2D eigenvalue weighted by atomic mass is 10.0. The van der Waals surface area contributed by atoms with Crippen LogP contribution in [0.5, 0.6) is 0 Å². The highest BCUT2D eigenvalue weighted by molar-refractivity contribution is 5.97. The summed E-state index contributed by atoms with van der Waals surface area (Å²) in [5, 5.41) is 14.9. The van der Waals surface area contributed by atoms with Crippen LogP contribution < -0.4 is 21.9 Å². The molecule has 1 atom stereocenters. The zero-order valence-electron chi connectivity index (χ0n) is 18.7. The minimum atomic E-state index is -1.20. The summed E-state index contributed by atoms with van der Waals surface area (Å²) < 4.78 is 0. The Morgan fingerprint density at radius 2 is 1.85 bits per heavy atom. The third-order valence-corrected chi connectivity index (χ3v) is 5.03. The number of benzene rings is 1. The van der Waals surface area contributed by atoms with E-state index in [1.165, 1.54) is 6.20 Å². The Bertz CT molecular complexity index is 1270. The van der Waals surface area contributed by atoms with Crippen molar-refractivity contribution in [2.75, 3.05) is 11.1 Å². The van der Waals surface area contributed by atoms with Crippen molar-refractivity contribution >= 4 is 40.5 Å². The largest absolute Gasteiger partial charge is 0.480 e. The standard InChI is InChI=1S/C22H25N7O5/c1-11(2)16(30)8-7-15(21(33)34)27-19(31)12-3-5-13(6-4-12)24-9-14-10-25-18-17(26-14)20(32)29-22(23)28-18/h3-6,10-11,15,24H,7-9H2,1-2H3,(H,27,31)(H,33,34)(H3,23,25,28,29,32)/t15-/m0/s1. The lowest BCUT2D eigenvalue weighted by Gasteiger charge is -2.15. The minimum absolute atomic E-state index is 0.0233. The van der Waals surface area contributed by atoms with E-state index >= 15 is 0 Å². The van der Waals surface area contributed by atoms with Crippen molar-refractivity contribution in [2.24, 2.45) is 5.92 Å². The lowest BCUT2D eigenvalue weighted by molar-refractivity contribution is -0.139. The van der Waals surface area contributed by atoms with Crippen LogP contribution >= 0.6 is 0 Å². The van der Waals surface area contributed by atoms with Gasteiger partial charge in [0.05, 0.1) is 18.4 Å². The van der Waals surface area contributed by atoms with E-state index in [2.05, 4.69) is 30.6 Å². The number of aromatic amines is 1. The molecule has 12 nitrogen and oxygen atoms in total. The van der Waals surface area contributed by atoms with Gasteiger partial charge in [-0.05, 0) is 30.7 Å². The second-order valence-electron chi connectivity index (χ2n) is 7.94. The van der Waals surface area contributed by atoms with Crippen LogP contribution in [0.2, 0.25) is 0 Å². The highest BCUT2D eigenvalue weighted by atomic mass is 16.4. The van der Waals surface area contributed by atoms with Gasteiger partial charge in [-0.25, -0.2) is 14.8 Å². The summed E-state index contributed by atoms with van der Waals surface area (Å²) in [5.74, 6) is -2.04. The average Bonchev–Trinajstić information content (AvgIpc) is 2.80. The van der Waals surface area contributed by atoms with E-state index in [9.17, 15) is 24.3 Å². The molecule has 6 N–H and O–H groups in total. The third kappa shape index (κ3) is 6.12. The fourth-order valence-corrected chi connectivity index (χ4v) is 3.06. The van der Waals surface area contributed by atoms with E-state index in [1.807, 2.05) is 0 Å². The summed E-state index contributed by atoms with van der Waals surface area (Å²) in [5.41, 5.74) is 6.66. The van der Waals surface area contributed by atoms with Crippen LogP contribution in [0, 0.1) is 5.92 Å². The van der Waals surface area contributed by atoms with E-state index in [0.29, 0.717) is 11.4 Å². The van der Waals surface area contributed by atoms with Gasteiger partial charge in [0.15, 0.2) is 11.2 Å². The Labute approximate surface area is 194 Å². The Balaban J connectivity index is 1.60. The summed E-state index contributed by atoms with van der Waals surface area (Å²) in [6.45, 7) is 3.74. The monoisotopic (exact) mass is 467 g/mol. The van der Waals surface area contributed by atoms with Crippen molar-refractivity contribution in [1.82, 2.24) is 25.3 Å². The fourth-order valence-electron chi connectivity index (χ4n) is 3.06. The number of H-pyrrole nitrogens is 1. The number of hydrogen-bond acceptors (Lipinski definition) is 9. The van der Waals surface area contributed by atoms with Gasteiger partial charge in [0.2, 0.25) is 5.95 Å². The molecule has 2 aromatic heterocycles. The molecular formula is C22H25N7O5. The molecule has 178 valence electrons.